The van der Waals surface area contributed by atoms with Crippen molar-refractivity contribution in [3.8, 4) is 0 Å². The highest BCUT2D eigenvalue weighted by molar-refractivity contribution is 5.93. The number of nitrogens with one attached hydrogen (secondary N) is 2. The largest absolute Gasteiger partial charge is 0.378 e. The van der Waals surface area contributed by atoms with E-state index in [0.717, 1.165) is 16.9 Å². The number of anilines is 3. The van der Waals surface area contributed by atoms with Gasteiger partial charge in [-0.1, -0.05) is 30.3 Å². The van der Waals surface area contributed by atoms with Crippen molar-refractivity contribution in [3.05, 3.63) is 78.2 Å². The summed E-state index contributed by atoms with van der Waals surface area (Å²) in [7, 11) is 3.99. The Morgan fingerprint density at radius 2 is 1.70 bits per heavy atom. The monoisotopic (exact) mass is 361 g/mol. The van der Waals surface area contributed by atoms with Crippen LogP contribution in [0.25, 0.3) is 0 Å². The molecule has 27 heavy (non-hydrogen) atoms. The van der Waals surface area contributed by atoms with Crippen LogP contribution in [0.1, 0.15) is 29.0 Å². The van der Waals surface area contributed by atoms with Crippen LogP contribution in [0.15, 0.2) is 67.0 Å². The topological polar surface area (TPSA) is 70.2 Å². The Labute approximate surface area is 159 Å². The van der Waals surface area contributed by atoms with Crippen molar-refractivity contribution < 1.29 is 4.79 Å². The molecule has 0 fully saturated rings. The minimum atomic E-state index is -0.236. The zero-order chi connectivity index (χ0) is 19.2. The van der Waals surface area contributed by atoms with Gasteiger partial charge in [-0.05, 0) is 36.8 Å². The first-order valence-corrected chi connectivity index (χ1v) is 8.75. The number of carbonyl (C=O) groups excluding carboxylic acids is 1. The first-order valence-electron chi connectivity index (χ1n) is 8.75. The summed E-state index contributed by atoms with van der Waals surface area (Å²) in [5, 5.41) is 6.16. The number of hydrogen-bond donors (Lipinski definition) is 2. The van der Waals surface area contributed by atoms with Gasteiger partial charge in [-0.2, -0.15) is 0 Å². The minimum Gasteiger partial charge on any atom is -0.378 e. The summed E-state index contributed by atoms with van der Waals surface area (Å²) < 4.78 is 0. The SMILES string of the molecule is CC(NC(=O)c1cc(Nc2ccc(N(C)C)cc2)ncn1)c1ccccc1. The first kappa shape index (κ1) is 18.4. The van der Waals surface area contributed by atoms with Gasteiger partial charge in [0, 0.05) is 31.5 Å². The van der Waals surface area contributed by atoms with E-state index < -0.39 is 0 Å². The number of amides is 1. The van der Waals surface area contributed by atoms with Crippen LogP contribution >= 0.6 is 0 Å². The molecule has 1 heterocycles. The molecule has 1 aromatic heterocycles. The van der Waals surface area contributed by atoms with Gasteiger partial charge < -0.3 is 15.5 Å². The molecule has 3 aromatic rings. The van der Waals surface area contributed by atoms with Crippen LogP contribution < -0.4 is 15.5 Å². The molecule has 0 saturated carbocycles. The van der Waals surface area contributed by atoms with E-state index in [9.17, 15) is 4.79 Å². The summed E-state index contributed by atoms with van der Waals surface area (Å²) >= 11 is 0. The maximum atomic E-state index is 12.5. The number of rotatable bonds is 6. The summed E-state index contributed by atoms with van der Waals surface area (Å²) in [5.74, 6) is 0.333. The molecule has 6 heteroatoms. The summed E-state index contributed by atoms with van der Waals surface area (Å²) in [6, 6.07) is 19.3. The highest BCUT2D eigenvalue weighted by Gasteiger charge is 2.13. The predicted octanol–water partition coefficient (Wildman–Crippen LogP) is 3.78. The van der Waals surface area contributed by atoms with Crippen LogP contribution in [0.3, 0.4) is 0 Å². The molecule has 0 radical (unpaired) electrons. The van der Waals surface area contributed by atoms with E-state index in [1.807, 2.05) is 80.5 Å². The van der Waals surface area contributed by atoms with Crippen molar-refractivity contribution in [1.82, 2.24) is 15.3 Å². The second-order valence-corrected chi connectivity index (χ2v) is 6.46. The highest BCUT2D eigenvalue weighted by Crippen LogP contribution is 2.19. The third kappa shape index (κ3) is 4.82. The molecule has 2 aromatic carbocycles. The molecule has 0 spiro atoms. The molecule has 3 rings (SSSR count). The fraction of sp³-hybridized carbons (Fsp3) is 0.190. The van der Waals surface area contributed by atoms with Gasteiger partial charge >= 0.3 is 0 Å². The number of hydrogen-bond acceptors (Lipinski definition) is 5. The van der Waals surface area contributed by atoms with E-state index >= 15 is 0 Å². The Morgan fingerprint density at radius 3 is 2.37 bits per heavy atom. The van der Waals surface area contributed by atoms with E-state index in [1.54, 1.807) is 6.07 Å². The lowest BCUT2D eigenvalue weighted by Crippen LogP contribution is -2.27. The summed E-state index contributed by atoms with van der Waals surface area (Å²) in [4.78, 5) is 22.8. The van der Waals surface area contributed by atoms with Gasteiger partial charge in [0.1, 0.15) is 17.8 Å². The van der Waals surface area contributed by atoms with Crippen LogP contribution in [0, 0.1) is 0 Å². The second-order valence-electron chi connectivity index (χ2n) is 6.46. The number of aromatic nitrogens is 2. The second kappa shape index (κ2) is 8.31. The Balaban J connectivity index is 1.68. The maximum absolute atomic E-state index is 12.5. The lowest BCUT2D eigenvalue weighted by molar-refractivity contribution is 0.0934. The van der Waals surface area contributed by atoms with Gasteiger partial charge in [-0.15, -0.1) is 0 Å². The van der Waals surface area contributed by atoms with E-state index in [1.165, 1.54) is 6.33 Å². The Bertz CT molecular complexity index is 894. The highest BCUT2D eigenvalue weighted by atomic mass is 16.1. The van der Waals surface area contributed by atoms with E-state index in [0.29, 0.717) is 11.5 Å². The van der Waals surface area contributed by atoms with Crippen molar-refractivity contribution in [2.75, 3.05) is 24.3 Å². The van der Waals surface area contributed by atoms with E-state index in [2.05, 4.69) is 20.6 Å². The molecule has 0 saturated heterocycles. The van der Waals surface area contributed by atoms with Crippen molar-refractivity contribution in [1.29, 1.82) is 0 Å². The molecule has 1 atom stereocenters. The zero-order valence-corrected chi connectivity index (χ0v) is 15.7. The minimum absolute atomic E-state index is 0.108. The standard InChI is InChI=1S/C21H23N5O/c1-15(16-7-5-4-6-8-16)24-21(27)19-13-20(23-14-22-19)25-17-9-11-18(12-10-17)26(2)3/h4-15H,1-3H3,(H,24,27)(H,22,23,25). The molecule has 0 aliphatic heterocycles. The van der Waals surface area contributed by atoms with Gasteiger partial charge in [0.25, 0.3) is 5.91 Å². The average Bonchev–Trinajstić information content (AvgIpc) is 2.69. The molecular formula is C21H23N5O. The third-order valence-corrected chi connectivity index (χ3v) is 4.20. The van der Waals surface area contributed by atoms with Gasteiger partial charge in [0.15, 0.2) is 0 Å². The summed E-state index contributed by atoms with van der Waals surface area (Å²) in [6.07, 6.45) is 1.39. The molecule has 2 N–H and O–H groups in total. The lowest BCUT2D eigenvalue weighted by atomic mass is 10.1. The fourth-order valence-electron chi connectivity index (χ4n) is 2.64. The van der Waals surface area contributed by atoms with Crippen molar-refractivity contribution >= 4 is 23.1 Å². The molecular weight excluding hydrogens is 338 g/mol. The average molecular weight is 361 g/mol. The van der Waals surface area contributed by atoms with Gasteiger partial charge in [-0.3, -0.25) is 4.79 Å². The molecule has 1 unspecified atom stereocenters. The number of carbonyl (C=O) groups is 1. The quantitative estimate of drug-likeness (QED) is 0.699. The third-order valence-electron chi connectivity index (χ3n) is 4.20. The molecule has 0 aliphatic carbocycles. The fourth-order valence-corrected chi connectivity index (χ4v) is 2.64. The van der Waals surface area contributed by atoms with E-state index in [-0.39, 0.29) is 11.9 Å². The zero-order valence-electron chi connectivity index (χ0n) is 15.7. The Hall–Kier alpha value is -3.41. The maximum Gasteiger partial charge on any atom is 0.270 e. The van der Waals surface area contributed by atoms with Crippen LogP contribution in [-0.4, -0.2) is 30.0 Å². The van der Waals surface area contributed by atoms with Gasteiger partial charge in [0.2, 0.25) is 0 Å². The summed E-state index contributed by atoms with van der Waals surface area (Å²) in [6.45, 7) is 1.94. The Kier molecular flexibility index (Phi) is 5.66. The lowest BCUT2D eigenvalue weighted by Gasteiger charge is -2.15. The van der Waals surface area contributed by atoms with Crippen molar-refractivity contribution in [2.24, 2.45) is 0 Å². The molecule has 138 valence electrons. The summed E-state index contributed by atoms with van der Waals surface area (Å²) in [5.41, 5.74) is 3.36. The number of benzene rings is 2. The van der Waals surface area contributed by atoms with Crippen LogP contribution in [0.5, 0.6) is 0 Å². The van der Waals surface area contributed by atoms with Crippen LogP contribution in [0.4, 0.5) is 17.2 Å². The van der Waals surface area contributed by atoms with Crippen molar-refractivity contribution in [2.45, 2.75) is 13.0 Å². The molecule has 0 bridgehead atoms. The Morgan fingerprint density at radius 1 is 1.00 bits per heavy atom. The number of nitrogens with zero attached hydrogens (tertiary/aromatic N) is 3. The molecule has 0 aliphatic rings. The van der Waals surface area contributed by atoms with Crippen LogP contribution in [-0.2, 0) is 0 Å². The van der Waals surface area contributed by atoms with Gasteiger partial charge in [-0.25, -0.2) is 9.97 Å². The van der Waals surface area contributed by atoms with Crippen molar-refractivity contribution in [3.63, 3.8) is 0 Å². The van der Waals surface area contributed by atoms with Crippen LogP contribution in [0.2, 0.25) is 0 Å². The molecule has 6 nitrogen and oxygen atoms in total. The smallest absolute Gasteiger partial charge is 0.270 e. The first-order chi connectivity index (χ1) is 13.0. The molecule has 1 amide bonds. The van der Waals surface area contributed by atoms with E-state index in [4.69, 9.17) is 0 Å². The van der Waals surface area contributed by atoms with Gasteiger partial charge in [0.05, 0.1) is 6.04 Å². The predicted molar refractivity (Wildman–Crippen MR) is 108 cm³/mol. The normalized spacial score (nSPS) is 11.5.